The van der Waals surface area contributed by atoms with Crippen molar-refractivity contribution in [1.82, 2.24) is 0 Å². The van der Waals surface area contributed by atoms with Gasteiger partial charge in [-0.25, -0.2) is 0 Å². The summed E-state index contributed by atoms with van der Waals surface area (Å²) in [5.74, 6) is 6.51. The van der Waals surface area contributed by atoms with Gasteiger partial charge in [0.1, 0.15) is 31.0 Å². The van der Waals surface area contributed by atoms with Crippen molar-refractivity contribution in [1.29, 1.82) is 0 Å². The normalized spacial score (nSPS) is 24.8. The molecule has 0 radical (unpaired) electrons. The zero-order valence-electron chi connectivity index (χ0n) is 25.1. The lowest BCUT2D eigenvalue weighted by Gasteiger charge is -2.48. The molecule has 2 fully saturated rings. The number of hydrogen-bond acceptors (Lipinski definition) is 6. The third kappa shape index (κ3) is 6.84. The molecule has 2 saturated heterocycles. The molecule has 2 heterocycles. The lowest BCUT2D eigenvalue weighted by Crippen LogP contribution is -2.64. The molecule has 5 aromatic carbocycles. The molecule has 7 heteroatoms. The fourth-order valence-electron chi connectivity index (χ4n) is 5.92. The van der Waals surface area contributed by atoms with Gasteiger partial charge < -0.3 is 23.7 Å². The second kappa shape index (κ2) is 14.5. The highest BCUT2D eigenvalue weighted by molar-refractivity contribution is 7.85. The average molecular weight is 631 g/mol. The van der Waals surface area contributed by atoms with Crippen LogP contribution < -0.4 is 0 Å². The van der Waals surface area contributed by atoms with Crippen molar-refractivity contribution >= 4 is 21.6 Å². The number of ether oxygens (including phenoxy) is 5. The van der Waals surface area contributed by atoms with Crippen LogP contribution in [-0.2, 0) is 41.1 Å². The molecular weight excluding hydrogens is 596 g/mol. The largest absolute Gasteiger partial charge is 0.367 e. The summed E-state index contributed by atoms with van der Waals surface area (Å²) in [6.45, 7) is 0.655. The number of benzene rings is 5. The summed E-state index contributed by atoms with van der Waals surface area (Å²) < 4.78 is 46.6. The van der Waals surface area contributed by atoms with Crippen molar-refractivity contribution in [2.75, 3.05) is 13.2 Å². The summed E-state index contributed by atoms with van der Waals surface area (Å²) in [7, 11) is -1.57. The average Bonchev–Trinajstić information content (AvgIpc) is 3.13. The van der Waals surface area contributed by atoms with Crippen LogP contribution in [0.5, 0.6) is 0 Å². The van der Waals surface area contributed by atoms with Crippen molar-refractivity contribution in [2.24, 2.45) is 0 Å². The topological polar surface area (TPSA) is 63.2 Å². The standard InChI is InChI=1S/C39H34O6S/c40-46(32-22-8-3-9-23-32)39-37(42-26-28-14-4-1-5-15-28)36(35-34(44-39)27-43-38(45-35)31-17-6-2-7-18-31)41-25-13-21-30-20-12-19-29-16-10-11-24-33(29)30/h1-12,14-20,22-24,34-39H,25-27H2/t34-,35-,36+,37+,38?,39-,46?/m1/s1. The first-order valence-electron chi connectivity index (χ1n) is 15.4. The quantitative estimate of drug-likeness (QED) is 0.176. The van der Waals surface area contributed by atoms with Crippen molar-refractivity contribution in [3.8, 4) is 11.8 Å². The molecule has 2 unspecified atom stereocenters. The molecule has 5 aromatic rings. The van der Waals surface area contributed by atoms with E-state index in [1.807, 2.05) is 115 Å². The van der Waals surface area contributed by atoms with Gasteiger partial charge in [0.2, 0.25) is 0 Å². The molecule has 7 rings (SSSR count). The lowest BCUT2D eigenvalue weighted by molar-refractivity contribution is -0.327. The van der Waals surface area contributed by atoms with Crippen molar-refractivity contribution in [2.45, 2.75) is 47.6 Å². The molecule has 2 aliphatic heterocycles. The second-order valence-electron chi connectivity index (χ2n) is 11.2. The van der Waals surface area contributed by atoms with Gasteiger partial charge in [0.25, 0.3) is 0 Å². The maximum Gasteiger partial charge on any atom is 0.184 e. The van der Waals surface area contributed by atoms with Crippen LogP contribution in [0, 0.1) is 11.8 Å². The van der Waals surface area contributed by atoms with E-state index in [9.17, 15) is 4.21 Å². The Balaban J connectivity index is 1.21. The lowest BCUT2D eigenvalue weighted by atomic mass is 9.98. The minimum absolute atomic E-state index is 0.118. The predicted octanol–water partition coefficient (Wildman–Crippen LogP) is 6.81. The summed E-state index contributed by atoms with van der Waals surface area (Å²) in [4.78, 5) is 0.647. The Bertz CT molecular complexity index is 1820. The number of rotatable bonds is 8. The molecule has 232 valence electrons. The highest BCUT2D eigenvalue weighted by Gasteiger charge is 2.53. The molecule has 0 aromatic heterocycles. The van der Waals surface area contributed by atoms with Crippen molar-refractivity contribution in [3.63, 3.8) is 0 Å². The van der Waals surface area contributed by atoms with Crippen LogP contribution in [0.15, 0.2) is 138 Å². The third-order valence-electron chi connectivity index (χ3n) is 8.19. The zero-order valence-corrected chi connectivity index (χ0v) is 26.0. The summed E-state index contributed by atoms with van der Waals surface area (Å²) >= 11 is 0. The predicted molar refractivity (Wildman–Crippen MR) is 177 cm³/mol. The van der Waals surface area contributed by atoms with E-state index in [0.717, 1.165) is 27.5 Å². The number of hydrogen-bond donors (Lipinski definition) is 0. The Labute approximate surface area is 271 Å². The van der Waals surface area contributed by atoms with E-state index in [-0.39, 0.29) is 19.8 Å². The van der Waals surface area contributed by atoms with E-state index in [2.05, 4.69) is 30.0 Å². The Morgan fingerprint density at radius 3 is 2.22 bits per heavy atom. The molecule has 0 saturated carbocycles. The molecule has 0 amide bonds. The van der Waals surface area contributed by atoms with Crippen LogP contribution in [0.3, 0.4) is 0 Å². The summed E-state index contributed by atoms with van der Waals surface area (Å²) in [6, 6.07) is 43.3. The molecule has 2 aliphatic rings. The van der Waals surface area contributed by atoms with E-state index in [0.29, 0.717) is 4.90 Å². The fourth-order valence-corrected chi connectivity index (χ4v) is 7.34. The van der Waals surface area contributed by atoms with Gasteiger partial charge in [0, 0.05) is 16.0 Å². The smallest absolute Gasteiger partial charge is 0.184 e. The van der Waals surface area contributed by atoms with Crippen LogP contribution in [0.25, 0.3) is 10.8 Å². The van der Waals surface area contributed by atoms with Gasteiger partial charge in [-0.05, 0) is 34.5 Å². The zero-order chi connectivity index (χ0) is 31.1. The first-order chi connectivity index (χ1) is 22.7. The Morgan fingerprint density at radius 1 is 0.717 bits per heavy atom. The van der Waals surface area contributed by atoms with Gasteiger partial charge in [-0.15, -0.1) is 0 Å². The van der Waals surface area contributed by atoms with E-state index in [1.54, 1.807) is 0 Å². The van der Waals surface area contributed by atoms with Crippen LogP contribution in [0.1, 0.15) is 23.0 Å². The highest BCUT2D eigenvalue weighted by atomic mass is 32.2. The first-order valence-corrected chi connectivity index (χ1v) is 16.6. The summed E-state index contributed by atoms with van der Waals surface area (Å²) in [5, 5.41) is 2.22. The third-order valence-corrected chi connectivity index (χ3v) is 9.73. The van der Waals surface area contributed by atoms with Crippen LogP contribution in [0.2, 0.25) is 0 Å². The Hall–Kier alpha value is -4.13. The monoisotopic (exact) mass is 630 g/mol. The molecule has 7 atom stereocenters. The van der Waals surface area contributed by atoms with Crippen molar-refractivity contribution < 1.29 is 27.9 Å². The van der Waals surface area contributed by atoms with Gasteiger partial charge >= 0.3 is 0 Å². The van der Waals surface area contributed by atoms with E-state index >= 15 is 0 Å². The molecule has 46 heavy (non-hydrogen) atoms. The fraction of sp³-hybridized carbons (Fsp3) is 0.231. The van der Waals surface area contributed by atoms with Crippen LogP contribution in [-0.4, -0.2) is 47.3 Å². The second-order valence-corrected chi connectivity index (χ2v) is 12.7. The molecule has 0 spiro atoms. The van der Waals surface area contributed by atoms with Crippen molar-refractivity contribution in [3.05, 3.63) is 150 Å². The van der Waals surface area contributed by atoms with Crippen LogP contribution in [0.4, 0.5) is 0 Å². The van der Waals surface area contributed by atoms with Gasteiger partial charge in [-0.1, -0.05) is 127 Å². The molecule has 6 nitrogen and oxygen atoms in total. The molecular formula is C39H34O6S. The van der Waals surface area contributed by atoms with Gasteiger partial charge in [0.05, 0.1) is 24.0 Å². The van der Waals surface area contributed by atoms with Gasteiger partial charge in [-0.3, -0.25) is 4.21 Å². The summed E-state index contributed by atoms with van der Waals surface area (Å²) in [6.07, 6.45) is -3.05. The molecule has 0 bridgehead atoms. The molecule has 0 N–H and O–H groups in total. The van der Waals surface area contributed by atoms with Gasteiger partial charge in [0.15, 0.2) is 11.7 Å². The summed E-state index contributed by atoms with van der Waals surface area (Å²) in [5.41, 5.74) is 1.98. The number of fused-ring (bicyclic) bond motifs is 2. The highest BCUT2D eigenvalue weighted by Crippen LogP contribution is 2.38. The van der Waals surface area contributed by atoms with E-state index < -0.39 is 46.9 Å². The van der Waals surface area contributed by atoms with E-state index in [1.165, 1.54) is 0 Å². The molecule has 0 aliphatic carbocycles. The van der Waals surface area contributed by atoms with E-state index in [4.69, 9.17) is 23.7 Å². The SMILES string of the molecule is O=S(c1ccccc1)[C@H]1O[C@@H]2COC(c3ccccc3)O[C@H]2[C@H](OCC#Cc2cccc3ccccc23)[C@@H]1OCc1ccccc1. The Morgan fingerprint density at radius 2 is 1.41 bits per heavy atom. The minimum Gasteiger partial charge on any atom is -0.367 e. The maximum absolute atomic E-state index is 14.1. The first kappa shape index (κ1) is 30.5. The Kier molecular flexibility index (Phi) is 9.64. The van der Waals surface area contributed by atoms with Crippen LogP contribution >= 0.6 is 0 Å². The maximum atomic E-state index is 14.1. The van der Waals surface area contributed by atoms with Gasteiger partial charge in [-0.2, -0.15) is 0 Å². The minimum atomic E-state index is -1.57.